The monoisotopic (exact) mass is 289 g/mol. The van der Waals surface area contributed by atoms with Crippen molar-refractivity contribution in [2.24, 2.45) is 0 Å². The molecule has 88 valence electrons. The third-order valence-corrected chi connectivity index (χ3v) is 3.43. The summed E-state index contributed by atoms with van der Waals surface area (Å²) in [5.74, 6) is -0.869. The lowest BCUT2D eigenvalue weighted by Gasteiger charge is -1.98. The SMILES string of the molecule is O=C(CCl)c1csc(-c2ccc(Cl)cc2F)n1. The van der Waals surface area contributed by atoms with Crippen LogP contribution in [0.1, 0.15) is 10.5 Å². The van der Waals surface area contributed by atoms with Crippen molar-refractivity contribution in [3.05, 3.63) is 40.1 Å². The number of thiazole rings is 1. The Morgan fingerprint density at radius 3 is 2.88 bits per heavy atom. The molecule has 0 saturated heterocycles. The van der Waals surface area contributed by atoms with Gasteiger partial charge in [0, 0.05) is 16.0 Å². The van der Waals surface area contributed by atoms with Gasteiger partial charge in [-0.05, 0) is 18.2 Å². The summed E-state index contributed by atoms with van der Waals surface area (Å²) in [6.07, 6.45) is 0. The van der Waals surface area contributed by atoms with Crippen molar-refractivity contribution >= 4 is 40.3 Å². The summed E-state index contributed by atoms with van der Waals surface area (Å²) in [5.41, 5.74) is 0.586. The molecule has 0 aliphatic carbocycles. The summed E-state index contributed by atoms with van der Waals surface area (Å²) in [6, 6.07) is 4.32. The Balaban J connectivity index is 2.40. The lowest BCUT2D eigenvalue weighted by molar-refractivity contribution is 0.101. The molecule has 6 heteroatoms. The maximum Gasteiger partial charge on any atom is 0.196 e. The van der Waals surface area contributed by atoms with Gasteiger partial charge in [0.2, 0.25) is 0 Å². The lowest BCUT2D eigenvalue weighted by Crippen LogP contribution is -2.00. The number of Topliss-reactive ketones (excluding diaryl/α,β-unsaturated/α-hetero) is 1. The lowest BCUT2D eigenvalue weighted by atomic mass is 10.2. The summed E-state index contributed by atoms with van der Waals surface area (Å²) in [4.78, 5) is 15.3. The maximum absolute atomic E-state index is 13.6. The van der Waals surface area contributed by atoms with E-state index in [0.717, 1.165) is 0 Å². The van der Waals surface area contributed by atoms with Gasteiger partial charge in [-0.1, -0.05) is 11.6 Å². The highest BCUT2D eigenvalue weighted by atomic mass is 35.5. The number of hydrogen-bond acceptors (Lipinski definition) is 3. The van der Waals surface area contributed by atoms with Gasteiger partial charge in [-0.15, -0.1) is 22.9 Å². The van der Waals surface area contributed by atoms with E-state index in [1.165, 1.54) is 23.5 Å². The minimum Gasteiger partial charge on any atom is -0.291 e. The highest BCUT2D eigenvalue weighted by molar-refractivity contribution is 7.13. The van der Waals surface area contributed by atoms with Gasteiger partial charge in [-0.3, -0.25) is 4.79 Å². The number of ketones is 1. The fourth-order valence-electron chi connectivity index (χ4n) is 1.26. The van der Waals surface area contributed by atoms with Gasteiger partial charge in [0.25, 0.3) is 0 Å². The quantitative estimate of drug-likeness (QED) is 0.631. The maximum atomic E-state index is 13.6. The van der Waals surface area contributed by atoms with E-state index in [2.05, 4.69) is 4.98 Å². The van der Waals surface area contributed by atoms with Crippen molar-refractivity contribution in [2.45, 2.75) is 0 Å². The van der Waals surface area contributed by atoms with E-state index in [4.69, 9.17) is 23.2 Å². The van der Waals surface area contributed by atoms with E-state index < -0.39 is 5.82 Å². The van der Waals surface area contributed by atoms with Crippen LogP contribution in [0.3, 0.4) is 0 Å². The van der Waals surface area contributed by atoms with Gasteiger partial charge in [-0.2, -0.15) is 0 Å². The van der Waals surface area contributed by atoms with Gasteiger partial charge in [0.1, 0.15) is 16.5 Å². The summed E-state index contributed by atoms with van der Waals surface area (Å²) in [7, 11) is 0. The zero-order valence-corrected chi connectivity index (χ0v) is 10.7. The van der Waals surface area contributed by atoms with Crippen LogP contribution in [0.4, 0.5) is 4.39 Å². The largest absolute Gasteiger partial charge is 0.291 e. The number of halogens is 3. The Labute approximate surface area is 111 Å². The van der Waals surface area contributed by atoms with E-state index in [0.29, 0.717) is 15.6 Å². The minimum absolute atomic E-state index is 0.133. The second kappa shape index (κ2) is 5.12. The van der Waals surface area contributed by atoms with Crippen LogP contribution in [-0.4, -0.2) is 16.6 Å². The summed E-state index contributed by atoms with van der Waals surface area (Å²) >= 11 is 12.3. The average Bonchev–Trinajstić information content (AvgIpc) is 2.77. The summed E-state index contributed by atoms with van der Waals surface area (Å²) in [6.45, 7) is 0. The number of benzene rings is 1. The first-order valence-corrected chi connectivity index (χ1v) is 6.41. The van der Waals surface area contributed by atoms with Crippen molar-refractivity contribution < 1.29 is 9.18 Å². The molecular formula is C11H6Cl2FNOS. The molecular weight excluding hydrogens is 284 g/mol. The van der Waals surface area contributed by atoms with Crippen LogP contribution in [0.2, 0.25) is 5.02 Å². The molecule has 0 spiro atoms. The van der Waals surface area contributed by atoms with Crippen LogP contribution in [-0.2, 0) is 0 Å². The van der Waals surface area contributed by atoms with Crippen molar-refractivity contribution in [3.8, 4) is 10.6 Å². The Bertz CT molecular complexity index is 570. The normalized spacial score (nSPS) is 10.5. The van der Waals surface area contributed by atoms with E-state index in [1.807, 2.05) is 0 Å². The Hall–Kier alpha value is -0.970. The molecule has 0 bridgehead atoms. The third-order valence-electron chi connectivity index (χ3n) is 2.07. The van der Waals surface area contributed by atoms with E-state index in [1.54, 1.807) is 11.4 Å². The first-order chi connectivity index (χ1) is 8.11. The van der Waals surface area contributed by atoms with E-state index in [9.17, 15) is 9.18 Å². The number of carbonyl (C=O) groups is 1. The molecule has 0 radical (unpaired) electrons. The van der Waals surface area contributed by atoms with Crippen LogP contribution in [0.5, 0.6) is 0 Å². The molecule has 0 fully saturated rings. The smallest absolute Gasteiger partial charge is 0.196 e. The second-order valence-electron chi connectivity index (χ2n) is 3.22. The zero-order valence-electron chi connectivity index (χ0n) is 8.41. The van der Waals surface area contributed by atoms with Gasteiger partial charge >= 0.3 is 0 Å². The Kier molecular flexibility index (Phi) is 3.76. The molecule has 0 N–H and O–H groups in total. The van der Waals surface area contributed by atoms with E-state index in [-0.39, 0.29) is 17.4 Å². The second-order valence-corrected chi connectivity index (χ2v) is 4.78. The number of rotatable bonds is 3. The molecule has 0 saturated carbocycles. The zero-order chi connectivity index (χ0) is 12.4. The number of carbonyl (C=O) groups excluding carboxylic acids is 1. The standard InChI is InChI=1S/C11H6Cl2FNOS/c12-4-10(16)9-5-17-11(15-9)7-2-1-6(13)3-8(7)14/h1-3,5H,4H2. The molecule has 0 amide bonds. The summed E-state index contributed by atoms with van der Waals surface area (Å²) in [5, 5.41) is 2.32. The molecule has 0 atom stereocenters. The molecule has 0 unspecified atom stereocenters. The number of alkyl halides is 1. The molecule has 0 aliphatic heterocycles. The molecule has 17 heavy (non-hydrogen) atoms. The Morgan fingerprint density at radius 1 is 1.47 bits per heavy atom. The van der Waals surface area contributed by atoms with Gasteiger partial charge in [-0.25, -0.2) is 9.37 Å². The predicted molar refractivity (Wildman–Crippen MR) is 67.6 cm³/mol. The number of aromatic nitrogens is 1. The molecule has 2 aromatic rings. The van der Waals surface area contributed by atoms with Crippen molar-refractivity contribution in [3.63, 3.8) is 0 Å². The van der Waals surface area contributed by atoms with Gasteiger partial charge in [0.05, 0.1) is 5.88 Å². The van der Waals surface area contributed by atoms with Crippen molar-refractivity contribution in [2.75, 3.05) is 5.88 Å². The predicted octanol–water partition coefficient (Wildman–Crippen LogP) is 4.02. The average molecular weight is 290 g/mol. The van der Waals surface area contributed by atoms with Crippen LogP contribution in [0, 0.1) is 5.82 Å². The molecule has 1 aromatic carbocycles. The third kappa shape index (κ3) is 2.65. The first kappa shape index (κ1) is 12.5. The molecule has 1 heterocycles. The van der Waals surface area contributed by atoms with Gasteiger partial charge in [0.15, 0.2) is 5.78 Å². The number of nitrogens with zero attached hydrogens (tertiary/aromatic N) is 1. The topological polar surface area (TPSA) is 30.0 Å². The highest BCUT2D eigenvalue weighted by Gasteiger charge is 2.13. The first-order valence-electron chi connectivity index (χ1n) is 4.62. The van der Waals surface area contributed by atoms with Crippen LogP contribution >= 0.6 is 34.5 Å². The Morgan fingerprint density at radius 2 is 2.24 bits per heavy atom. The molecule has 1 aromatic heterocycles. The minimum atomic E-state index is -0.461. The molecule has 2 nitrogen and oxygen atoms in total. The number of hydrogen-bond donors (Lipinski definition) is 0. The highest BCUT2D eigenvalue weighted by Crippen LogP contribution is 2.28. The summed E-state index contributed by atoms with van der Waals surface area (Å²) < 4.78 is 13.6. The molecule has 0 aliphatic rings. The van der Waals surface area contributed by atoms with Crippen molar-refractivity contribution in [1.82, 2.24) is 4.98 Å². The van der Waals surface area contributed by atoms with Gasteiger partial charge < -0.3 is 0 Å². The molecule has 2 rings (SSSR count). The van der Waals surface area contributed by atoms with Crippen LogP contribution in [0.15, 0.2) is 23.6 Å². The fourth-order valence-corrected chi connectivity index (χ4v) is 2.40. The van der Waals surface area contributed by atoms with E-state index >= 15 is 0 Å². The van der Waals surface area contributed by atoms with Crippen LogP contribution in [0.25, 0.3) is 10.6 Å². The van der Waals surface area contributed by atoms with Crippen LogP contribution < -0.4 is 0 Å². The van der Waals surface area contributed by atoms with Crippen molar-refractivity contribution in [1.29, 1.82) is 0 Å². The fraction of sp³-hybridized carbons (Fsp3) is 0.0909.